The minimum absolute atomic E-state index is 0.324. The van der Waals surface area contributed by atoms with Crippen LogP contribution >= 0.6 is 0 Å². The van der Waals surface area contributed by atoms with Crippen LogP contribution in [-0.4, -0.2) is 11.1 Å². The number of carbonyl (C=O) groups is 1. The number of benzene rings is 1. The summed E-state index contributed by atoms with van der Waals surface area (Å²) >= 11 is 0. The largest absolute Gasteiger partial charge is 0.481 e. The van der Waals surface area contributed by atoms with Crippen LogP contribution < -0.4 is 0 Å². The van der Waals surface area contributed by atoms with Crippen LogP contribution in [0.1, 0.15) is 78.2 Å². The Balaban J connectivity index is 0.000000394. The third kappa shape index (κ3) is 13.4. The minimum Gasteiger partial charge on any atom is -0.481 e. The summed E-state index contributed by atoms with van der Waals surface area (Å²) < 4.78 is 0. The monoisotopic (exact) mass is 292 g/mol. The molecule has 1 aromatic rings. The van der Waals surface area contributed by atoms with Crippen molar-refractivity contribution in [2.24, 2.45) is 5.41 Å². The SMILES string of the molecule is CC(C)(C)CCCCCC(=O)O.CC(C)c1ccccc1. The van der Waals surface area contributed by atoms with Gasteiger partial charge in [0, 0.05) is 6.42 Å². The molecule has 0 saturated heterocycles. The number of rotatable bonds is 6. The second-order valence-corrected chi connectivity index (χ2v) is 7.08. The van der Waals surface area contributed by atoms with Crippen molar-refractivity contribution >= 4 is 5.97 Å². The summed E-state index contributed by atoms with van der Waals surface area (Å²) in [6.07, 6.45) is 4.53. The normalized spacial score (nSPS) is 11.0. The lowest BCUT2D eigenvalue weighted by molar-refractivity contribution is -0.137. The van der Waals surface area contributed by atoms with Crippen molar-refractivity contribution in [2.75, 3.05) is 0 Å². The number of hydrogen-bond donors (Lipinski definition) is 1. The lowest BCUT2D eigenvalue weighted by Crippen LogP contribution is -2.04. The molecule has 1 N–H and O–H groups in total. The van der Waals surface area contributed by atoms with Gasteiger partial charge in [-0.25, -0.2) is 0 Å². The molecule has 0 aliphatic carbocycles. The topological polar surface area (TPSA) is 37.3 Å². The highest BCUT2D eigenvalue weighted by atomic mass is 16.4. The number of hydrogen-bond acceptors (Lipinski definition) is 1. The van der Waals surface area contributed by atoms with E-state index < -0.39 is 5.97 Å². The average Bonchev–Trinajstić information content (AvgIpc) is 2.38. The molecule has 0 bridgehead atoms. The summed E-state index contributed by atoms with van der Waals surface area (Å²) in [4.78, 5) is 10.2. The van der Waals surface area contributed by atoms with Crippen LogP contribution in [0.2, 0.25) is 0 Å². The summed E-state index contributed by atoms with van der Waals surface area (Å²) in [7, 11) is 0. The first-order valence-electron chi connectivity index (χ1n) is 7.99. The van der Waals surface area contributed by atoms with Gasteiger partial charge in [0.1, 0.15) is 0 Å². The standard InChI is InChI=1S/C10H20O2.C9H12/c1-10(2,3)8-6-4-5-7-9(11)12;1-8(2)9-6-4-3-5-7-9/h4-8H2,1-3H3,(H,11,12);3-8H,1-2H3. The molecule has 2 heteroatoms. The Bertz CT molecular complexity index is 374. The molecule has 0 aliphatic rings. The Labute approximate surface area is 130 Å². The molecule has 0 radical (unpaired) electrons. The van der Waals surface area contributed by atoms with Gasteiger partial charge in [0.2, 0.25) is 0 Å². The fourth-order valence-corrected chi connectivity index (χ4v) is 1.95. The van der Waals surface area contributed by atoms with Crippen LogP contribution in [0, 0.1) is 5.41 Å². The summed E-state index contributed by atoms with van der Waals surface area (Å²) in [6, 6.07) is 10.5. The summed E-state index contributed by atoms with van der Waals surface area (Å²) in [6.45, 7) is 11.0. The molecule has 0 fully saturated rings. The zero-order chi connectivity index (χ0) is 16.3. The third-order valence-electron chi connectivity index (χ3n) is 3.28. The Hall–Kier alpha value is -1.31. The second-order valence-electron chi connectivity index (χ2n) is 7.08. The number of aliphatic carboxylic acids is 1. The molecule has 21 heavy (non-hydrogen) atoms. The van der Waals surface area contributed by atoms with E-state index in [2.05, 4.69) is 58.9 Å². The van der Waals surface area contributed by atoms with Crippen LogP contribution in [0.3, 0.4) is 0 Å². The highest BCUT2D eigenvalue weighted by molar-refractivity contribution is 5.66. The van der Waals surface area contributed by atoms with Crippen LogP contribution in [-0.2, 0) is 4.79 Å². The zero-order valence-corrected chi connectivity index (χ0v) is 14.4. The highest BCUT2D eigenvalue weighted by Gasteiger charge is 2.08. The Morgan fingerprint density at radius 3 is 2.00 bits per heavy atom. The van der Waals surface area contributed by atoms with E-state index in [1.54, 1.807) is 0 Å². The van der Waals surface area contributed by atoms with E-state index in [1.807, 2.05) is 6.07 Å². The van der Waals surface area contributed by atoms with Crippen molar-refractivity contribution in [1.29, 1.82) is 0 Å². The van der Waals surface area contributed by atoms with Gasteiger partial charge in [-0.1, -0.05) is 77.8 Å². The van der Waals surface area contributed by atoms with Crippen molar-refractivity contribution in [3.8, 4) is 0 Å². The van der Waals surface area contributed by atoms with E-state index in [0.29, 0.717) is 17.8 Å². The maximum atomic E-state index is 10.2. The van der Waals surface area contributed by atoms with Crippen LogP contribution in [0.15, 0.2) is 30.3 Å². The lowest BCUT2D eigenvalue weighted by atomic mass is 9.89. The van der Waals surface area contributed by atoms with Crippen LogP contribution in [0.4, 0.5) is 0 Å². The van der Waals surface area contributed by atoms with Gasteiger partial charge in [-0.15, -0.1) is 0 Å². The van der Waals surface area contributed by atoms with Crippen molar-refractivity contribution in [2.45, 2.75) is 72.6 Å². The molecule has 0 saturated carbocycles. The highest BCUT2D eigenvalue weighted by Crippen LogP contribution is 2.22. The third-order valence-corrected chi connectivity index (χ3v) is 3.28. The van der Waals surface area contributed by atoms with Gasteiger partial charge in [0.15, 0.2) is 0 Å². The van der Waals surface area contributed by atoms with E-state index in [4.69, 9.17) is 5.11 Å². The first-order chi connectivity index (χ1) is 9.72. The Morgan fingerprint density at radius 1 is 1.05 bits per heavy atom. The average molecular weight is 292 g/mol. The maximum Gasteiger partial charge on any atom is 0.303 e. The summed E-state index contributed by atoms with van der Waals surface area (Å²) in [5, 5.41) is 8.37. The number of unbranched alkanes of at least 4 members (excludes halogenated alkanes) is 2. The Kier molecular flexibility index (Phi) is 9.77. The molecule has 0 atom stereocenters. The molecule has 1 aromatic carbocycles. The molecule has 0 aromatic heterocycles. The molecule has 0 unspecified atom stereocenters. The first kappa shape index (κ1) is 19.7. The molecule has 1 rings (SSSR count). The van der Waals surface area contributed by atoms with E-state index in [9.17, 15) is 4.79 Å². The van der Waals surface area contributed by atoms with Gasteiger partial charge >= 0.3 is 5.97 Å². The lowest BCUT2D eigenvalue weighted by Gasteiger charge is -2.17. The fourth-order valence-electron chi connectivity index (χ4n) is 1.95. The molecule has 0 amide bonds. The van der Waals surface area contributed by atoms with Crippen molar-refractivity contribution in [3.63, 3.8) is 0 Å². The van der Waals surface area contributed by atoms with Gasteiger partial charge in [0.25, 0.3) is 0 Å². The molecule has 0 heterocycles. The summed E-state index contributed by atoms with van der Waals surface area (Å²) in [5.41, 5.74) is 1.81. The van der Waals surface area contributed by atoms with Gasteiger partial charge in [-0.2, -0.15) is 0 Å². The molecule has 2 nitrogen and oxygen atoms in total. The molecular formula is C19H32O2. The van der Waals surface area contributed by atoms with Crippen LogP contribution in [0.5, 0.6) is 0 Å². The number of carboxylic acids is 1. The molecule has 0 aliphatic heterocycles. The van der Waals surface area contributed by atoms with E-state index in [0.717, 1.165) is 19.3 Å². The summed E-state index contributed by atoms with van der Waals surface area (Å²) in [5.74, 6) is -0.0167. The zero-order valence-electron chi connectivity index (χ0n) is 14.4. The van der Waals surface area contributed by atoms with Gasteiger partial charge in [0.05, 0.1) is 0 Å². The van der Waals surface area contributed by atoms with Gasteiger partial charge in [-0.3, -0.25) is 4.79 Å². The van der Waals surface area contributed by atoms with E-state index >= 15 is 0 Å². The quantitative estimate of drug-likeness (QED) is 0.665. The minimum atomic E-state index is -0.675. The smallest absolute Gasteiger partial charge is 0.303 e. The first-order valence-corrected chi connectivity index (χ1v) is 7.99. The Morgan fingerprint density at radius 2 is 1.62 bits per heavy atom. The van der Waals surface area contributed by atoms with Crippen molar-refractivity contribution < 1.29 is 9.90 Å². The van der Waals surface area contributed by atoms with Gasteiger partial charge in [-0.05, 0) is 29.7 Å². The van der Waals surface area contributed by atoms with Gasteiger partial charge < -0.3 is 5.11 Å². The van der Waals surface area contributed by atoms with Crippen LogP contribution in [0.25, 0.3) is 0 Å². The van der Waals surface area contributed by atoms with Crippen molar-refractivity contribution in [3.05, 3.63) is 35.9 Å². The van der Waals surface area contributed by atoms with E-state index in [1.165, 1.54) is 12.0 Å². The number of carboxylic acid groups (broad SMARTS) is 1. The predicted octanol–water partition coefficient (Wildman–Crippen LogP) is 5.88. The predicted molar refractivity (Wildman–Crippen MR) is 90.7 cm³/mol. The maximum absolute atomic E-state index is 10.2. The van der Waals surface area contributed by atoms with Crippen molar-refractivity contribution in [1.82, 2.24) is 0 Å². The fraction of sp³-hybridized carbons (Fsp3) is 0.632. The molecular weight excluding hydrogens is 260 g/mol. The molecule has 0 spiro atoms. The molecule has 120 valence electrons. The van der Waals surface area contributed by atoms with E-state index in [-0.39, 0.29) is 0 Å². The second kappa shape index (κ2) is 10.4.